The Balaban J connectivity index is 1.44. The van der Waals surface area contributed by atoms with Crippen LogP contribution in [0.3, 0.4) is 0 Å². The van der Waals surface area contributed by atoms with E-state index in [9.17, 15) is 18.3 Å². The van der Waals surface area contributed by atoms with Crippen molar-refractivity contribution in [1.82, 2.24) is 15.3 Å². The molecule has 5 rings (SSSR count). The molecule has 1 fully saturated rings. The molecule has 2 aromatic rings. The lowest BCUT2D eigenvalue weighted by molar-refractivity contribution is -0.135. The molecular formula is C24H26Cl2N6O4S. The predicted molar refractivity (Wildman–Crippen MR) is 144 cm³/mol. The number of fused-ring (bicyclic) bond motifs is 1. The Morgan fingerprint density at radius 3 is 2.65 bits per heavy atom. The van der Waals surface area contributed by atoms with Crippen molar-refractivity contribution in [3.05, 3.63) is 58.4 Å². The fraction of sp³-hybridized carbons (Fsp3) is 0.375. The van der Waals surface area contributed by atoms with Gasteiger partial charge in [-0.1, -0.05) is 23.2 Å². The zero-order chi connectivity index (χ0) is 26.2. The Morgan fingerprint density at radius 1 is 1.16 bits per heavy atom. The van der Waals surface area contributed by atoms with Crippen molar-refractivity contribution in [2.45, 2.75) is 18.1 Å². The van der Waals surface area contributed by atoms with Gasteiger partial charge in [0.15, 0.2) is 5.82 Å². The molecule has 196 valence electrons. The number of nitrogens with one attached hydrogen (secondary N) is 1. The van der Waals surface area contributed by atoms with E-state index in [2.05, 4.69) is 15.2 Å². The average molecular weight is 565 g/mol. The van der Waals surface area contributed by atoms with E-state index in [-0.39, 0.29) is 17.1 Å². The summed E-state index contributed by atoms with van der Waals surface area (Å²) >= 11 is 12.2. The van der Waals surface area contributed by atoms with Crippen molar-refractivity contribution in [2.24, 2.45) is 0 Å². The molecule has 1 saturated heterocycles. The van der Waals surface area contributed by atoms with Gasteiger partial charge in [-0.05, 0) is 42.3 Å². The Kier molecular flexibility index (Phi) is 7.30. The number of piperazine rings is 1. The van der Waals surface area contributed by atoms with E-state index in [1.54, 1.807) is 30.6 Å². The summed E-state index contributed by atoms with van der Waals surface area (Å²) in [6, 6.07) is 5.16. The highest BCUT2D eigenvalue weighted by Gasteiger charge is 2.35. The summed E-state index contributed by atoms with van der Waals surface area (Å²) in [5.41, 5.74) is 2.06. The number of aliphatic carboxylic acids is 1. The van der Waals surface area contributed by atoms with Crippen LogP contribution in [0, 0.1) is 0 Å². The summed E-state index contributed by atoms with van der Waals surface area (Å²) < 4.78 is 28.0. The molecule has 0 saturated carbocycles. The van der Waals surface area contributed by atoms with E-state index in [1.165, 1.54) is 12.2 Å². The van der Waals surface area contributed by atoms with Gasteiger partial charge in [-0.2, -0.15) is 0 Å². The fourth-order valence-corrected chi connectivity index (χ4v) is 7.32. The monoisotopic (exact) mass is 564 g/mol. The summed E-state index contributed by atoms with van der Waals surface area (Å²) in [6.45, 7) is 3.42. The summed E-state index contributed by atoms with van der Waals surface area (Å²) in [5, 5.41) is 12.3. The van der Waals surface area contributed by atoms with Crippen LogP contribution in [0.15, 0.2) is 52.8 Å². The minimum absolute atomic E-state index is 0.0248. The minimum Gasteiger partial charge on any atom is -0.480 e. The van der Waals surface area contributed by atoms with Crippen LogP contribution in [0.1, 0.15) is 12.0 Å². The number of halogens is 2. The normalized spacial score (nSPS) is 19.8. The maximum atomic E-state index is 13.5. The molecule has 3 heterocycles. The first-order valence-corrected chi connectivity index (χ1v) is 14.1. The number of carboxylic acid groups (broad SMARTS) is 1. The average Bonchev–Trinajstić information content (AvgIpc) is 3.30. The molecule has 37 heavy (non-hydrogen) atoms. The molecule has 2 N–H and O–H groups in total. The van der Waals surface area contributed by atoms with Gasteiger partial charge in [0.1, 0.15) is 17.6 Å². The first kappa shape index (κ1) is 25.8. The molecule has 0 bridgehead atoms. The van der Waals surface area contributed by atoms with E-state index >= 15 is 0 Å². The maximum absolute atomic E-state index is 13.5. The van der Waals surface area contributed by atoms with Gasteiger partial charge in [-0.25, -0.2) is 13.4 Å². The number of hydrogen-bond donors (Lipinski definition) is 2. The number of carboxylic acids is 1. The van der Waals surface area contributed by atoms with Gasteiger partial charge in [-0.15, -0.1) is 0 Å². The minimum atomic E-state index is -4.12. The van der Waals surface area contributed by atoms with Crippen LogP contribution in [-0.2, 0) is 21.2 Å². The molecule has 2 aliphatic heterocycles. The lowest BCUT2D eigenvalue weighted by Gasteiger charge is -2.29. The molecule has 1 aliphatic carbocycles. The second-order valence-electron chi connectivity index (χ2n) is 9.02. The zero-order valence-electron chi connectivity index (χ0n) is 19.8. The van der Waals surface area contributed by atoms with Crippen molar-refractivity contribution in [3.8, 4) is 0 Å². The molecule has 1 unspecified atom stereocenters. The summed E-state index contributed by atoms with van der Waals surface area (Å²) in [4.78, 5) is 25.1. The number of benzene rings is 1. The number of sulfonamides is 1. The van der Waals surface area contributed by atoms with Gasteiger partial charge in [0.05, 0.1) is 18.1 Å². The summed E-state index contributed by atoms with van der Waals surface area (Å²) in [5.74, 6) is 0.258. The largest absolute Gasteiger partial charge is 0.480 e. The van der Waals surface area contributed by atoms with E-state index in [1.807, 2.05) is 4.90 Å². The molecule has 1 aromatic carbocycles. The third-order valence-electron chi connectivity index (χ3n) is 6.58. The van der Waals surface area contributed by atoms with Crippen molar-refractivity contribution in [1.29, 1.82) is 0 Å². The topological polar surface area (TPSA) is 119 Å². The summed E-state index contributed by atoms with van der Waals surface area (Å²) in [6.07, 6.45) is 7.02. The number of allylic oxidation sites excluding steroid dienone is 3. The van der Waals surface area contributed by atoms with E-state index in [0.717, 1.165) is 47.6 Å². The molecule has 1 atom stereocenters. The van der Waals surface area contributed by atoms with E-state index in [0.29, 0.717) is 23.8 Å². The SMILES string of the molecule is O=C(O)CN(c1ccc2c(c1)CCN2c1cncc(N2CCNCC2)n1)S(=O)(=O)C1C=C(Cl)C=C(Cl)C1. The molecule has 0 spiro atoms. The smallest absolute Gasteiger partial charge is 0.324 e. The molecule has 10 nitrogen and oxygen atoms in total. The lowest BCUT2D eigenvalue weighted by atomic mass is 10.1. The highest BCUT2D eigenvalue weighted by molar-refractivity contribution is 7.93. The van der Waals surface area contributed by atoms with Crippen molar-refractivity contribution >= 4 is 62.2 Å². The second-order valence-corrected chi connectivity index (χ2v) is 12.0. The number of nitrogens with zero attached hydrogens (tertiary/aromatic N) is 5. The molecular weight excluding hydrogens is 539 g/mol. The zero-order valence-corrected chi connectivity index (χ0v) is 22.2. The van der Waals surface area contributed by atoms with Gasteiger partial charge in [-0.3, -0.25) is 14.1 Å². The maximum Gasteiger partial charge on any atom is 0.324 e. The number of aromatic nitrogens is 2. The number of anilines is 4. The number of hydrogen-bond acceptors (Lipinski definition) is 8. The van der Waals surface area contributed by atoms with Crippen LogP contribution < -0.4 is 19.4 Å². The molecule has 1 aromatic heterocycles. The highest BCUT2D eigenvalue weighted by Crippen LogP contribution is 2.38. The highest BCUT2D eigenvalue weighted by atomic mass is 35.5. The van der Waals surface area contributed by atoms with Crippen molar-refractivity contribution in [2.75, 3.05) is 53.4 Å². The third-order valence-corrected chi connectivity index (χ3v) is 9.10. The Morgan fingerprint density at radius 2 is 1.92 bits per heavy atom. The van der Waals surface area contributed by atoms with Gasteiger partial charge in [0, 0.05) is 54.9 Å². The third kappa shape index (κ3) is 5.40. The second kappa shape index (κ2) is 10.5. The summed E-state index contributed by atoms with van der Waals surface area (Å²) in [7, 11) is -4.12. The Hall–Kier alpha value is -2.86. The molecule has 0 radical (unpaired) electrons. The lowest BCUT2D eigenvalue weighted by Crippen LogP contribution is -2.44. The van der Waals surface area contributed by atoms with Crippen molar-refractivity contribution < 1.29 is 18.3 Å². The Bertz CT molecular complexity index is 1380. The Labute approximate surface area is 225 Å². The van der Waals surface area contributed by atoms with Crippen LogP contribution >= 0.6 is 23.2 Å². The first-order chi connectivity index (χ1) is 17.7. The number of carbonyl (C=O) groups is 1. The standard InChI is InChI=1S/C24H26Cl2N6O4S/c25-17-10-18(26)12-20(11-17)37(35,36)32(15-24(33)34)19-1-2-21-16(9-19)3-6-31(21)23-14-28-13-22(29-23)30-7-4-27-5-8-30/h1-2,9-11,13-14,20,27H,3-8,12,15H2,(H,33,34). The van der Waals surface area contributed by atoms with Crippen molar-refractivity contribution in [3.63, 3.8) is 0 Å². The molecule has 3 aliphatic rings. The van der Waals surface area contributed by atoms with E-state index < -0.39 is 27.8 Å². The van der Waals surface area contributed by atoms with Gasteiger partial charge < -0.3 is 20.2 Å². The molecule has 0 amide bonds. The van der Waals surface area contributed by atoms with Gasteiger partial charge in [0.25, 0.3) is 0 Å². The van der Waals surface area contributed by atoms with Crippen LogP contribution in [0.2, 0.25) is 0 Å². The quantitative estimate of drug-likeness (QED) is 0.523. The van der Waals surface area contributed by atoms with Gasteiger partial charge >= 0.3 is 5.97 Å². The number of rotatable bonds is 7. The van der Waals surface area contributed by atoms with Crippen LogP contribution in [0.5, 0.6) is 0 Å². The van der Waals surface area contributed by atoms with Crippen LogP contribution in [0.25, 0.3) is 0 Å². The predicted octanol–water partition coefficient (Wildman–Crippen LogP) is 2.82. The first-order valence-electron chi connectivity index (χ1n) is 11.9. The fourth-order valence-electron chi connectivity index (χ4n) is 4.79. The van der Waals surface area contributed by atoms with Gasteiger partial charge in [0.2, 0.25) is 10.0 Å². The molecule has 13 heteroatoms. The van der Waals surface area contributed by atoms with Crippen LogP contribution in [0.4, 0.5) is 23.0 Å². The van der Waals surface area contributed by atoms with E-state index in [4.69, 9.17) is 28.2 Å². The van der Waals surface area contributed by atoms with Crippen LogP contribution in [-0.4, -0.2) is 74.0 Å².